The van der Waals surface area contributed by atoms with Crippen molar-refractivity contribution in [2.45, 2.75) is 24.2 Å². The lowest BCUT2D eigenvalue weighted by Crippen LogP contribution is -2.31. The van der Waals surface area contributed by atoms with Crippen molar-refractivity contribution in [1.82, 2.24) is 0 Å². The van der Waals surface area contributed by atoms with E-state index in [-0.39, 0.29) is 17.2 Å². The Morgan fingerprint density at radius 3 is 2.57 bits per heavy atom. The number of aryl methyl sites for hydroxylation is 1. The number of sulfonamides is 1. The van der Waals surface area contributed by atoms with Gasteiger partial charge in [-0.1, -0.05) is 18.2 Å². The molecule has 0 radical (unpaired) electrons. The highest BCUT2D eigenvalue weighted by atomic mass is 32.2. The van der Waals surface area contributed by atoms with Crippen LogP contribution in [0, 0.1) is 0 Å². The van der Waals surface area contributed by atoms with E-state index in [1.54, 1.807) is 41.3 Å². The molecule has 1 N–H and O–H groups in total. The van der Waals surface area contributed by atoms with Crippen molar-refractivity contribution in [3.05, 3.63) is 53.6 Å². The monoisotopic (exact) mass is 328 g/mol. The second-order valence-corrected chi connectivity index (χ2v) is 7.57. The van der Waals surface area contributed by atoms with Crippen molar-refractivity contribution < 1.29 is 13.2 Å². The van der Waals surface area contributed by atoms with Gasteiger partial charge in [-0.2, -0.15) is 0 Å². The smallest absolute Gasteiger partial charge is 0.261 e. The topological polar surface area (TPSA) is 66.5 Å². The molecule has 0 fully saturated rings. The summed E-state index contributed by atoms with van der Waals surface area (Å²) in [7, 11) is -3.66. The first-order valence-corrected chi connectivity index (χ1v) is 9.07. The van der Waals surface area contributed by atoms with E-state index < -0.39 is 10.0 Å². The second-order valence-electron chi connectivity index (χ2n) is 5.89. The first-order valence-electron chi connectivity index (χ1n) is 7.59. The maximum absolute atomic E-state index is 12.6. The van der Waals surface area contributed by atoms with Crippen LogP contribution in [0.25, 0.3) is 0 Å². The molecule has 0 spiro atoms. The van der Waals surface area contributed by atoms with Crippen molar-refractivity contribution >= 4 is 27.3 Å². The largest absolute Gasteiger partial charge is 0.312 e. The molecule has 2 aliphatic rings. The molecule has 0 unspecified atom stereocenters. The van der Waals surface area contributed by atoms with Crippen LogP contribution in [0.5, 0.6) is 0 Å². The van der Waals surface area contributed by atoms with Gasteiger partial charge in [-0.3, -0.25) is 9.52 Å². The van der Waals surface area contributed by atoms with E-state index in [9.17, 15) is 13.2 Å². The minimum atomic E-state index is -3.66. The van der Waals surface area contributed by atoms with Gasteiger partial charge in [0.2, 0.25) is 5.91 Å². The molecule has 118 valence electrons. The van der Waals surface area contributed by atoms with Gasteiger partial charge in [-0.15, -0.1) is 0 Å². The van der Waals surface area contributed by atoms with E-state index in [2.05, 4.69) is 4.72 Å². The number of rotatable bonds is 3. The lowest BCUT2D eigenvalue weighted by atomic mass is 10.0. The zero-order valence-corrected chi connectivity index (χ0v) is 13.3. The van der Waals surface area contributed by atoms with Gasteiger partial charge in [-0.05, 0) is 48.2 Å². The number of anilines is 2. The summed E-state index contributed by atoms with van der Waals surface area (Å²) in [6.07, 6.45) is 1.96. The molecule has 6 heteroatoms. The summed E-state index contributed by atoms with van der Waals surface area (Å²) >= 11 is 0. The fourth-order valence-electron chi connectivity index (χ4n) is 3.32. The summed E-state index contributed by atoms with van der Waals surface area (Å²) in [5.74, 6) is 0.0616. The Kier molecular flexibility index (Phi) is 3.16. The highest BCUT2D eigenvalue weighted by molar-refractivity contribution is 7.92. The summed E-state index contributed by atoms with van der Waals surface area (Å²) in [6.45, 7) is 0.729. The molecule has 0 saturated carbocycles. The molecule has 0 atom stereocenters. The number of carbonyl (C=O) groups is 1. The molecule has 1 amide bonds. The molecule has 23 heavy (non-hydrogen) atoms. The molecule has 0 aromatic heterocycles. The van der Waals surface area contributed by atoms with Gasteiger partial charge in [0.15, 0.2) is 0 Å². The van der Waals surface area contributed by atoms with Crippen LogP contribution in [0.3, 0.4) is 0 Å². The Morgan fingerprint density at radius 2 is 1.78 bits per heavy atom. The van der Waals surface area contributed by atoms with E-state index in [4.69, 9.17) is 0 Å². The fourth-order valence-corrected chi connectivity index (χ4v) is 4.48. The van der Waals surface area contributed by atoms with Gasteiger partial charge in [0.05, 0.1) is 17.0 Å². The predicted octanol–water partition coefficient (Wildman–Crippen LogP) is 2.32. The molecule has 2 aromatic carbocycles. The van der Waals surface area contributed by atoms with Crippen LogP contribution in [0.4, 0.5) is 11.4 Å². The summed E-state index contributed by atoms with van der Waals surface area (Å²) in [5.41, 5.74) is 3.23. The van der Waals surface area contributed by atoms with Crippen molar-refractivity contribution in [2.75, 3.05) is 16.2 Å². The van der Waals surface area contributed by atoms with E-state index in [0.29, 0.717) is 5.69 Å². The van der Waals surface area contributed by atoms with Crippen LogP contribution in [-0.2, 0) is 27.7 Å². The van der Waals surface area contributed by atoms with E-state index in [1.165, 1.54) is 0 Å². The molecular weight excluding hydrogens is 312 g/mol. The van der Waals surface area contributed by atoms with Gasteiger partial charge in [0.1, 0.15) is 0 Å². The Labute approximate surface area is 135 Å². The number of carbonyl (C=O) groups excluding carboxylic acids is 1. The summed E-state index contributed by atoms with van der Waals surface area (Å²) < 4.78 is 27.9. The van der Waals surface area contributed by atoms with Gasteiger partial charge in [0.25, 0.3) is 10.0 Å². The quantitative estimate of drug-likeness (QED) is 0.940. The van der Waals surface area contributed by atoms with Crippen LogP contribution < -0.4 is 9.62 Å². The predicted molar refractivity (Wildman–Crippen MR) is 88.1 cm³/mol. The Bertz CT molecular complexity index is 892. The minimum absolute atomic E-state index is 0.0616. The zero-order valence-electron chi connectivity index (χ0n) is 12.5. The van der Waals surface area contributed by atoms with Crippen LogP contribution in [-0.4, -0.2) is 20.9 Å². The van der Waals surface area contributed by atoms with Gasteiger partial charge >= 0.3 is 0 Å². The standard InChI is InChI=1S/C17H16N2O3S/c20-16-11-13-10-15(9-12-5-4-8-19(16)17(12)13)23(21,22)18-14-6-2-1-3-7-14/h1-3,6-7,9-10,18H,4-5,8,11H2. The van der Waals surface area contributed by atoms with Crippen LogP contribution in [0.15, 0.2) is 47.4 Å². The molecule has 2 aromatic rings. The lowest BCUT2D eigenvalue weighted by molar-refractivity contribution is -0.117. The number of nitrogens with zero attached hydrogens (tertiary/aromatic N) is 1. The average molecular weight is 328 g/mol. The molecule has 0 aliphatic carbocycles. The third-order valence-electron chi connectivity index (χ3n) is 4.32. The maximum atomic E-state index is 12.6. The molecule has 0 saturated heterocycles. The van der Waals surface area contributed by atoms with Gasteiger partial charge in [0, 0.05) is 12.2 Å². The Morgan fingerprint density at radius 1 is 1.04 bits per heavy atom. The third-order valence-corrected chi connectivity index (χ3v) is 5.68. The van der Waals surface area contributed by atoms with Crippen molar-refractivity contribution in [1.29, 1.82) is 0 Å². The summed E-state index contributed by atoms with van der Waals surface area (Å²) in [4.78, 5) is 14.1. The maximum Gasteiger partial charge on any atom is 0.261 e. The minimum Gasteiger partial charge on any atom is -0.312 e. The average Bonchev–Trinajstić information content (AvgIpc) is 2.86. The first kappa shape index (κ1) is 14.3. The number of hydrogen-bond donors (Lipinski definition) is 1. The molecule has 2 aliphatic heterocycles. The van der Waals surface area contributed by atoms with Gasteiger partial charge in [-0.25, -0.2) is 8.42 Å². The Balaban J connectivity index is 1.76. The zero-order chi connectivity index (χ0) is 16.0. The highest BCUT2D eigenvalue weighted by Crippen LogP contribution is 2.38. The van der Waals surface area contributed by atoms with Crippen molar-refractivity contribution in [3.63, 3.8) is 0 Å². The van der Waals surface area contributed by atoms with Crippen LogP contribution in [0.1, 0.15) is 17.5 Å². The summed E-state index contributed by atoms with van der Waals surface area (Å²) in [6, 6.07) is 12.1. The number of amides is 1. The van der Waals surface area contributed by atoms with Crippen molar-refractivity contribution in [2.24, 2.45) is 0 Å². The molecule has 4 rings (SSSR count). The molecule has 5 nitrogen and oxygen atoms in total. The number of benzene rings is 2. The van der Waals surface area contributed by atoms with Crippen molar-refractivity contribution in [3.8, 4) is 0 Å². The Hall–Kier alpha value is -2.34. The number of nitrogens with one attached hydrogen (secondary N) is 1. The SMILES string of the molecule is O=C1Cc2cc(S(=O)(=O)Nc3ccccc3)cc3c2N1CCC3. The van der Waals surface area contributed by atoms with E-state index in [1.807, 2.05) is 6.07 Å². The van der Waals surface area contributed by atoms with E-state index >= 15 is 0 Å². The second kappa shape index (κ2) is 5.09. The highest BCUT2D eigenvalue weighted by Gasteiger charge is 2.33. The van der Waals surface area contributed by atoms with Gasteiger partial charge < -0.3 is 4.90 Å². The normalized spacial score (nSPS) is 16.3. The van der Waals surface area contributed by atoms with Crippen LogP contribution >= 0.6 is 0 Å². The number of para-hydroxylation sites is 1. The number of hydrogen-bond acceptors (Lipinski definition) is 3. The molecule has 2 heterocycles. The van der Waals surface area contributed by atoms with Crippen LogP contribution in [0.2, 0.25) is 0 Å². The van der Waals surface area contributed by atoms with E-state index in [0.717, 1.165) is 36.2 Å². The molecular formula is C17H16N2O3S. The summed E-state index contributed by atoms with van der Waals surface area (Å²) in [5, 5.41) is 0. The lowest BCUT2D eigenvalue weighted by Gasteiger charge is -2.26. The third kappa shape index (κ3) is 2.39. The first-order chi connectivity index (χ1) is 11.0. The fraction of sp³-hybridized carbons (Fsp3) is 0.235. The molecule has 0 bridgehead atoms.